The minimum absolute atomic E-state index is 0. The lowest BCUT2D eigenvalue weighted by Crippen LogP contribution is -2.36. The molecule has 10 heteroatoms. The quantitative estimate of drug-likeness (QED) is 0.289. The van der Waals surface area contributed by atoms with Gasteiger partial charge in [-0.2, -0.15) is 13.2 Å². The van der Waals surface area contributed by atoms with Gasteiger partial charge in [-0.1, -0.05) is 24.3 Å². The number of nitrogens with one attached hydrogen (secondary N) is 2. The van der Waals surface area contributed by atoms with Crippen molar-refractivity contribution in [3.63, 3.8) is 0 Å². The molecule has 2 rings (SSSR count). The molecule has 0 aromatic heterocycles. The highest BCUT2D eigenvalue weighted by Gasteiger charge is 2.29. The van der Waals surface area contributed by atoms with Crippen molar-refractivity contribution in [2.45, 2.75) is 26.2 Å². The fourth-order valence-corrected chi connectivity index (χ4v) is 2.52. The highest BCUT2D eigenvalue weighted by Crippen LogP contribution is 2.29. The molecular formula is C22H28F3IN4O2. The van der Waals surface area contributed by atoms with Crippen molar-refractivity contribution >= 4 is 35.8 Å². The van der Waals surface area contributed by atoms with Crippen LogP contribution in [0.5, 0.6) is 5.75 Å². The summed E-state index contributed by atoms with van der Waals surface area (Å²) in [7, 11) is 3.33. The Morgan fingerprint density at radius 2 is 1.75 bits per heavy atom. The zero-order valence-corrected chi connectivity index (χ0v) is 20.5. The van der Waals surface area contributed by atoms with Gasteiger partial charge < -0.3 is 20.3 Å². The van der Waals surface area contributed by atoms with Gasteiger partial charge in [0.05, 0.1) is 12.1 Å². The highest BCUT2D eigenvalue weighted by molar-refractivity contribution is 14.0. The Balaban J connectivity index is 0.00000512. The van der Waals surface area contributed by atoms with E-state index in [0.717, 1.165) is 17.7 Å². The van der Waals surface area contributed by atoms with Crippen LogP contribution in [0.4, 0.5) is 13.2 Å². The van der Waals surface area contributed by atoms with Gasteiger partial charge >= 0.3 is 6.18 Å². The summed E-state index contributed by atoms with van der Waals surface area (Å²) in [5.74, 6) is 0.979. The van der Waals surface area contributed by atoms with Gasteiger partial charge in [0.2, 0.25) is 0 Å². The maximum absolute atomic E-state index is 12.7. The summed E-state index contributed by atoms with van der Waals surface area (Å²) in [5, 5.41) is 6.21. The highest BCUT2D eigenvalue weighted by atomic mass is 127. The summed E-state index contributed by atoms with van der Waals surface area (Å²) in [6.07, 6.45) is -4.35. The average molecular weight is 564 g/mol. The number of hydrogen-bond acceptors (Lipinski definition) is 3. The van der Waals surface area contributed by atoms with Crippen LogP contribution in [-0.4, -0.2) is 44.0 Å². The second-order valence-corrected chi connectivity index (χ2v) is 6.97. The number of carbonyl (C=O) groups excluding carboxylic acids is 1. The Morgan fingerprint density at radius 1 is 1.06 bits per heavy atom. The number of hydrogen-bond donors (Lipinski definition) is 2. The maximum atomic E-state index is 12.7. The molecule has 0 radical (unpaired) electrons. The monoisotopic (exact) mass is 564 g/mol. The van der Waals surface area contributed by atoms with Crippen molar-refractivity contribution in [3.8, 4) is 5.75 Å². The topological polar surface area (TPSA) is 66.0 Å². The first-order valence-corrected chi connectivity index (χ1v) is 9.79. The predicted molar refractivity (Wildman–Crippen MR) is 129 cm³/mol. The van der Waals surface area contributed by atoms with Gasteiger partial charge in [0.1, 0.15) is 5.75 Å². The summed E-state index contributed by atoms with van der Waals surface area (Å²) >= 11 is 0. The lowest BCUT2D eigenvalue weighted by molar-refractivity contribution is -0.137. The van der Waals surface area contributed by atoms with E-state index in [4.69, 9.17) is 4.74 Å². The summed E-state index contributed by atoms with van der Waals surface area (Å²) in [6.45, 7) is 3.21. The molecule has 1 amide bonds. The Bertz CT molecular complexity index is 887. The molecule has 2 N–H and O–H groups in total. The fourth-order valence-electron chi connectivity index (χ4n) is 2.52. The Labute approximate surface area is 203 Å². The first-order valence-electron chi connectivity index (χ1n) is 9.79. The van der Waals surface area contributed by atoms with E-state index in [0.29, 0.717) is 36.9 Å². The number of rotatable bonds is 8. The number of amides is 1. The number of halogens is 4. The van der Waals surface area contributed by atoms with Crippen LogP contribution < -0.4 is 15.4 Å². The van der Waals surface area contributed by atoms with Crippen molar-refractivity contribution in [3.05, 3.63) is 65.2 Å². The smallest absolute Gasteiger partial charge is 0.416 e. The van der Waals surface area contributed by atoms with Crippen LogP contribution in [0.3, 0.4) is 0 Å². The molecule has 0 bridgehead atoms. The summed E-state index contributed by atoms with van der Waals surface area (Å²) < 4.78 is 43.5. The Morgan fingerprint density at radius 3 is 2.34 bits per heavy atom. The van der Waals surface area contributed by atoms with Crippen LogP contribution in [-0.2, 0) is 24.1 Å². The van der Waals surface area contributed by atoms with Gasteiger partial charge in [0.15, 0.2) is 12.6 Å². The lowest BCUT2D eigenvalue weighted by Gasteiger charge is -2.13. The lowest BCUT2D eigenvalue weighted by atomic mass is 10.1. The Hall–Kier alpha value is -2.50. The standard InChI is InChI=1S/C22H27F3N4O2.HI/c1-4-26-21(27-13-16-8-10-18(11-9-16)22(23,24)25)28-14-17-6-5-7-19(12-17)31-15-20(30)29(2)3;/h5-12H,4,13-15H2,1-3H3,(H2,26,27,28);1H. The van der Waals surface area contributed by atoms with Crippen molar-refractivity contribution in [1.82, 2.24) is 15.5 Å². The van der Waals surface area contributed by atoms with Gasteiger partial charge in [-0.15, -0.1) is 24.0 Å². The fraction of sp³-hybridized carbons (Fsp3) is 0.364. The first-order chi connectivity index (χ1) is 14.7. The van der Waals surface area contributed by atoms with Gasteiger partial charge in [0, 0.05) is 27.2 Å². The van der Waals surface area contributed by atoms with Crippen molar-refractivity contribution in [1.29, 1.82) is 0 Å². The molecule has 0 fully saturated rings. The van der Waals surface area contributed by atoms with Crippen LogP contribution >= 0.6 is 24.0 Å². The van der Waals surface area contributed by atoms with Gasteiger partial charge in [-0.3, -0.25) is 4.79 Å². The van der Waals surface area contributed by atoms with Crippen LogP contribution in [0.2, 0.25) is 0 Å². The van der Waals surface area contributed by atoms with Crippen LogP contribution in [0.15, 0.2) is 53.5 Å². The zero-order chi connectivity index (χ0) is 22.9. The molecule has 0 atom stereocenters. The first kappa shape index (κ1) is 27.5. The number of alkyl halides is 3. The summed E-state index contributed by atoms with van der Waals surface area (Å²) in [4.78, 5) is 17.6. The number of aliphatic imine (C=N–C) groups is 1. The second kappa shape index (κ2) is 13.1. The van der Waals surface area contributed by atoms with E-state index in [1.54, 1.807) is 20.2 Å². The molecule has 0 unspecified atom stereocenters. The SMILES string of the molecule is CCNC(=NCc1cccc(OCC(=O)N(C)C)c1)NCc1ccc(C(F)(F)F)cc1.I. The largest absolute Gasteiger partial charge is 0.484 e. The van der Waals surface area contributed by atoms with Gasteiger partial charge in [-0.05, 0) is 42.3 Å². The maximum Gasteiger partial charge on any atom is 0.416 e. The molecule has 0 aliphatic heterocycles. The van der Waals surface area contributed by atoms with Crippen LogP contribution in [0.25, 0.3) is 0 Å². The van der Waals surface area contributed by atoms with E-state index in [-0.39, 0.29) is 36.5 Å². The van der Waals surface area contributed by atoms with E-state index < -0.39 is 11.7 Å². The van der Waals surface area contributed by atoms with E-state index in [1.165, 1.54) is 17.0 Å². The predicted octanol–water partition coefficient (Wildman–Crippen LogP) is 4.05. The zero-order valence-electron chi connectivity index (χ0n) is 18.2. The molecule has 0 spiro atoms. The number of likely N-dealkylation sites (N-methyl/N-ethyl adjacent to an activating group) is 1. The molecule has 0 aliphatic carbocycles. The van der Waals surface area contributed by atoms with Crippen molar-refractivity contribution < 1.29 is 22.7 Å². The van der Waals surface area contributed by atoms with E-state index >= 15 is 0 Å². The van der Waals surface area contributed by atoms with Gasteiger partial charge in [-0.25, -0.2) is 4.99 Å². The third kappa shape index (κ3) is 9.33. The molecular weight excluding hydrogens is 536 g/mol. The minimum Gasteiger partial charge on any atom is -0.484 e. The van der Waals surface area contributed by atoms with E-state index in [9.17, 15) is 18.0 Å². The van der Waals surface area contributed by atoms with Crippen LogP contribution in [0.1, 0.15) is 23.6 Å². The second-order valence-electron chi connectivity index (χ2n) is 6.97. The van der Waals surface area contributed by atoms with Crippen LogP contribution in [0, 0.1) is 0 Å². The molecule has 0 saturated heterocycles. The molecule has 0 saturated carbocycles. The third-order valence-corrected chi connectivity index (χ3v) is 4.26. The minimum atomic E-state index is -4.35. The molecule has 176 valence electrons. The number of guanidine groups is 1. The number of carbonyl (C=O) groups is 1. The van der Waals surface area contributed by atoms with Crippen molar-refractivity contribution in [2.75, 3.05) is 27.2 Å². The summed E-state index contributed by atoms with van der Waals surface area (Å²) in [6, 6.07) is 12.3. The number of ether oxygens (including phenoxy) is 1. The average Bonchev–Trinajstić information content (AvgIpc) is 2.74. The molecule has 0 heterocycles. The normalized spacial score (nSPS) is 11.4. The third-order valence-electron chi connectivity index (χ3n) is 4.26. The molecule has 2 aromatic rings. The van der Waals surface area contributed by atoms with Gasteiger partial charge in [0.25, 0.3) is 5.91 Å². The molecule has 2 aromatic carbocycles. The molecule has 0 aliphatic rings. The van der Waals surface area contributed by atoms with Crippen molar-refractivity contribution in [2.24, 2.45) is 4.99 Å². The Kier molecular flexibility index (Phi) is 11.3. The number of benzene rings is 2. The van der Waals surface area contributed by atoms with E-state index in [1.807, 2.05) is 25.1 Å². The molecule has 6 nitrogen and oxygen atoms in total. The van der Waals surface area contributed by atoms with E-state index in [2.05, 4.69) is 15.6 Å². The molecule has 32 heavy (non-hydrogen) atoms. The number of nitrogens with zero attached hydrogens (tertiary/aromatic N) is 2. The summed E-state index contributed by atoms with van der Waals surface area (Å²) in [5.41, 5.74) is 0.923.